The van der Waals surface area contributed by atoms with E-state index in [0.29, 0.717) is 5.69 Å². The van der Waals surface area contributed by atoms with Gasteiger partial charge in [0, 0.05) is 29.2 Å². The zero-order valence-electron chi connectivity index (χ0n) is 13.7. The molecule has 1 fully saturated rings. The van der Waals surface area contributed by atoms with Gasteiger partial charge in [0.2, 0.25) is 0 Å². The van der Waals surface area contributed by atoms with E-state index in [4.69, 9.17) is 21.3 Å². The van der Waals surface area contributed by atoms with E-state index in [0.717, 1.165) is 41.7 Å². The van der Waals surface area contributed by atoms with Crippen LogP contribution in [-0.4, -0.2) is 12.3 Å². The van der Waals surface area contributed by atoms with Crippen molar-refractivity contribution in [2.24, 2.45) is 10.9 Å². The number of halogens is 4. The second kappa shape index (κ2) is 5.74. The maximum Gasteiger partial charge on any atom is 0.387 e. The van der Waals surface area contributed by atoms with Crippen LogP contribution < -0.4 is 4.74 Å². The number of aliphatic imine (C=N–C) groups is 1. The van der Waals surface area contributed by atoms with E-state index < -0.39 is 12.4 Å². The van der Waals surface area contributed by atoms with Gasteiger partial charge < -0.3 is 4.74 Å². The molecule has 3 atom stereocenters. The van der Waals surface area contributed by atoms with Crippen LogP contribution in [0.2, 0.25) is 5.02 Å². The normalized spacial score (nSPS) is 25.4. The summed E-state index contributed by atoms with van der Waals surface area (Å²) in [5, 5.41) is 0.0665. The number of nitrogens with zero attached hydrogens (tertiary/aromatic N) is 1. The quantitative estimate of drug-likeness (QED) is 0.629. The third-order valence-corrected chi connectivity index (χ3v) is 6.13. The van der Waals surface area contributed by atoms with E-state index in [-0.39, 0.29) is 28.5 Å². The fourth-order valence-corrected chi connectivity index (χ4v) is 5.08. The van der Waals surface area contributed by atoms with E-state index in [1.165, 1.54) is 6.07 Å². The smallest absolute Gasteiger partial charge is 0.387 e. The third-order valence-electron chi connectivity index (χ3n) is 5.84. The third kappa shape index (κ3) is 2.29. The zero-order valence-corrected chi connectivity index (χ0v) is 14.4. The molecule has 134 valence electrons. The average molecular weight is 378 g/mol. The summed E-state index contributed by atoms with van der Waals surface area (Å²) in [6, 6.07) is 8.37. The Bertz CT molecular complexity index is 943. The van der Waals surface area contributed by atoms with Crippen LogP contribution in [0.4, 0.5) is 18.9 Å². The maximum absolute atomic E-state index is 13.9. The van der Waals surface area contributed by atoms with Crippen molar-refractivity contribution in [2.45, 2.75) is 37.7 Å². The van der Waals surface area contributed by atoms with E-state index in [9.17, 15) is 13.2 Å². The van der Waals surface area contributed by atoms with Crippen molar-refractivity contribution < 1.29 is 17.9 Å². The highest BCUT2D eigenvalue weighted by Gasteiger charge is 2.48. The Kier molecular flexibility index (Phi) is 3.58. The summed E-state index contributed by atoms with van der Waals surface area (Å²) in [7, 11) is 0. The molecule has 0 saturated heterocycles. The van der Waals surface area contributed by atoms with Gasteiger partial charge in [-0.05, 0) is 48.4 Å². The molecule has 2 aliphatic carbocycles. The molecular formula is C20H15ClF3NO. The summed E-state index contributed by atoms with van der Waals surface area (Å²) in [6.07, 6.45) is 2.55. The summed E-state index contributed by atoms with van der Waals surface area (Å²) >= 11 is 6.01. The van der Waals surface area contributed by atoms with E-state index in [1.807, 2.05) is 6.07 Å². The molecular weight excluding hydrogens is 363 g/mol. The highest BCUT2D eigenvalue weighted by Crippen LogP contribution is 2.58. The Labute approximate surface area is 153 Å². The van der Waals surface area contributed by atoms with E-state index in [1.54, 1.807) is 18.2 Å². The van der Waals surface area contributed by atoms with Crippen LogP contribution in [0, 0.1) is 11.7 Å². The molecule has 2 aromatic carbocycles. The Hall–Kier alpha value is -2.01. The molecule has 6 heteroatoms. The summed E-state index contributed by atoms with van der Waals surface area (Å²) in [5.41, 5.74) is 4.43. The molecule has 5 rings (SSSR count). The van der Waals surface area contributed by atoms with Crippen LogP contribution in [0.3, 0.4) is 0 Å². The zero-order chi connectivity index (χ0) is 18.0. The molecule has 0 aromatic heterocycles. The number of hydrogen-bond acceptors (Lipinski definition) is 2. The number of benzene rings is 2. The molecule has 0 spiro atoms. The predicted octanol–water partition coefficient (Wildman–Crippen LogP) is 6.00. The van der Waals surface area contributed by atoms with Crippen LogP contribution in [-0.2, 0) is 6.42 Å². The second-order valence-electron chi connectivity index (χ2n) is 7.12. The first-order valence-corrected chi connectivity index (χ1v) is 9.04. The predicted molar refractivity (Wildman–Crippen MR) is 93.5 cm³/mol. The molecule has 1 aliphatic heterocycles. The second-order valence-corrected chi connectivity index (χ2v) is 7.53. The van der Waals surface area contributed by atoms with Crippen molar-refractivity contribution >= 4 is 23.0 Å². The molecule has 2 aromatic rings. The average Bonchev–Trinajstić information content (AvgIpc) is 3.02. The molecule has 0 radical (unpaired) electrons. The van der Waals surface area contributed by atoms with Gasteiger partial charge in [-0.25, -0.2) is 4.39 Å². The largest absolute Gasteiger partial charge is 0.435 e. The summed E-state index contributed by atoms with van der Waals surface area (Å²) < 4.78 is 44.6. The van der Waals surface area contributed by atoms with Crippen molar-refractivity contribution in [1.29, 1.82) is 0 Å². The van der Waals surface area contributed by atoms with Gasteiger partial charge in [-0.15, -0.1) is 0 Å². The lowest BCUT2D eigenvalue weighted by Gasteiger charge is -2.24. The SMILES string of the molecule is Fc1cc2c(cc1Cl)C1C(=N2)[C@@H]2CCc3cccc(OC(F)F)c3[C@H]1C2. The van der Waals surface area contributed by atoms with Crippen LogP contribution in [0.5, 0.6) is 5.75 Å². The highest BCUT2D eigenvalue weighted by molar-refractivity contribution is 6.31. The van der Waals surface area contributed by atoms with Crippen LogP contribution in [0.1, 0.15) is 41.4 Å². The molecule has 2 nitrogen and oxygen atoms in total. The van der Waals surface area contributed by atoms with Gasteiger partial charge in [0.1, 0.15) is 11.6 Å². The number of aryl methyl sites for hydroxylation is 1. The van der Waals surface area contributed by atoms with E-state index in [2.05, 4.69) is 0 Å². The minimum absolute atomic E-state index is 0.00558. The molecule has 1 unspecified atom stereocenters. The van der Waals surface area contributed by atoms with Gasteiger partial charge in [-0.2, -0.15) is 8.78 Å². The molecule has 0 amide bonds. The standard InChI is InChI=1S/C20H15ClF3NO/c21-13-7-11-15(8-14(13)22)25-19-10-5-4-9-2-1-3-16(26-20(23)24)17(9)12(6-10)18(11)19/h1-3,7-8,10,12,18,20H,4-6H2/t10-,12-,18?/m1/s1. The van der Waals surface area contributed by atoms with Gasteiger partial charge in [-0.1, -0.05) is 23.7 Å². The topological polar surface area (TPSA) is 21.6 Å². The fraction of sp³-hybridized carbons (Fsp3) is 0.350. The van der Waals surface area contributed by atoms with Crippen molar-refractivity contribution in [1.82, 2.24) is 0 Å². The summed E-state index contributed by atoms with van der Waals surface area (Å²) in [6.45, 7) is -2.87. The number of hydrogen-bond donors (Lipinski definition) is 0. The number of rotatable bonds is 2. The number of ether oxygens (including phenoxy) is 1. The summed E-state index contributed by atoms with van der Waals surface area (Å²) in [5.74, 6) is -0.0273. The Morgan fingerprint density at radius 1 is 1.23 bits per heavy atom. The summed E-state index contributed by atoms with van der Waals surface area (Å²) in [4.78, 5) is 4.69. The van der Waals surface area contributed by atoms with Gasteiger partial charge in [0.05, 0.1) is 10.7 Å². The lowest BCUT2D eigenvalue weighted by Crippen LogP contribution is -2.16. The van der Waals surface area contributed by atoms with Crippen LogP contribution >= 0.6 is 11.6 Å². The van der Waals surface area contributed by atoms with Crippen LogP contribution in [0.15, 0.2) is 35.3 Å². The van der Waals surface area contributed by atoms with Gasteiger partial charge in [0.25, 0.3) is 0 Å². The van der Waals surface area contributed by atoms with Crippen molar-refractivity contribution in [2.75, 3.05) is 0 Å². The van der Waals surface area contributed by atoms with Gasteiger partial charge in [0.15, 0.2) is 0 Å². The maximum atomic E-state index is 13.9. The first kappa shape index (κ1) is 16.2. The lowest BCUT2D eigenvalue weighted by atomic mass is 9.80. The fourth-order valence-electron chi connectivity index (χ4n) is 4.90. The van der Waals surface area contributed by atoms with Crippen molar-refractivity contribution in [3.05, 3.63) is 57.9 Å². The Balaban J connectivity index is 1.67. The molecule has 1 heterocycles. The Morgan fingerprint density at radius 3 is 2.88 bits per heavy atom. The molecule has 2 bridgehead atoms. The minimum atomic E-state index is -2.87. The first-order chi connectivity index (χ1) is 12.5. The molecule has 1 saturated carbocycles. The minimum Gasteiger partial charge on any atom is -0.435 e. The highest BCUT2D eigenvalue weighted by atomic mass is 35.5. The first-order valence-electron chi connectivity index (χ1n) is 8.67. The molecule has 0 N–H and O–H groups in total. The van der Waals surface area contributed by atoms with Crippen LogP contribution in [0.25, 0.3) is 0 Å². The van der Waals surface area contributed by atoms with E-state index >= 15 is 0 Å². The monoisotopic (exact) mass is 377 g/mol. The van der Waals surface area contributed by atoms with Crippen molar-refractivity contribution in [3.8, 4) is 5.75 Å². The Morgan fingerprint density at radius 2 is 2.08 bits per heavy atom. The van der Waals surface area contributed by atoms with Gasteiger partial charge >= 0.3 is 6.61 Å². The van der Waals surface area contributed by atoms with Gasteiger partial charge in [-0.3, -0.25) is 4.99 Å². The number of fused-ring (bicyclic) bond motifs is 9. The van der Waals surface area contributed by atoms with Crippen molar-refractivity contribution in [3.63, 3.8) is 0 Å². The lowest BCUT2D eigenvalue weighted by molar-refractivity contribution is -0.0506. The molecule has 3 aliphatic rings. The number of alkyl halides is 2. The molecule has 26 heavy (non-hydrogen) atoms.